The molecule has 0 aliphatic carbocycles. The van der Waals surface area contributed by atoms with Crippen molar-refractivity contribution in [2.75, 3.05) is 19.8 Å². The van der Waals surface area contributed by atoms with Gasteiger partial charge < -0.3 is 24.8 Å². The SMILES string of the molecule is Cn1ncc2cc(C(N)=O)cc(Oc3ccc(OCCC(=O)N4C5COCC4C5)cc3)c21. The number of hydrogen-bond acceptors (Lipinski definition) is 6. The van der Waals surface area contributed by atoms with Crippen molar-refractivity contribution in [3.05, 3.63) is 48.2 Å². The molecular formula is C23H24N4O5. The molecule has 5 rings (SSSR count). The molecule has 2 aliphatic rings. The third-order valence-electron chi connectivity index (χ3n) is 5.96. The molecule has 166 valence electrons. The highest BCUT2D eigenvalue weighted by molar-refractivity contribution is 5.99. The maximum atomic E-state index is 12.4. The Kier molecular flexibility index (Phi) is 5.18. The first-order chi connectivity index (χ1) is 15.5. The lowest BCUT2D eigenvalue weighted by Crippen LogP contribution is -2.65. The Balaban J connectivity index is 1.21. The number of benzene rings is 2. The van der Waals surface area contributed by atoms with Crippen LogP contribution >= 0.6 is 0 Å². The van der Waals surface area contributed by atoms with E-state index in [9.17, 15) is 9.59 Å². The summed E-state index contributed by atoms with van der Waals surface area (Å²) in [7, 11) is 1.80. The van der Waals surface area contributed by atoms with Gasteiger partial charge in [-0.05, 0) is 42.8 Å². The summed E-state index contributed by atoms with van der Waals surface area (Å²) in [6, 6.07) is 10.9. The van der Waals surface area contributed by atoms with Crippen LogP contribution in [-0.2, 0) is 16.6 Å². The van der Waals surface area contributed by atoms with Gasteiger partial charge >= 0.3 is 0 Å². The lowest BCUT2D eigenvalue weighted by molar-refractivity contribution is -0.167. The monoisotopic (exact) mass is 436 g/mol. The van der Waals surface area contributed by atoms with Gasteiger partial charge in [0, 0.05) is 18.0 Å². The number of morpholine rings is 1. The number of fused-ring (bicyclic) bond motifs is 3. The Morgan fingerprint density at radius 3 is 2.56 bits per heavy atom. The number of ether oxygens (including phenoxy) is 3. The molecular weight excluding hydrogens is 412 g/mol. The fourth-order valence-corrected chi connectivity index (χ4v) is 4.36. The Morgan fingerprint density at radius 1 is 1.16 bits per heavy atom. The first-order valence-corrected chi connectivity index (χ1v) is 10.5. The van der Waals surface area contributed by atoms with Crippen molar-refractivity contribution in [3.8, 4) is 17.2 Å². The number of nitrogens with zero attached hydrogens (tertiary/aromatic N) is 3. The van der Waals surface area contributed by atoms with Gasteiger partial charge in [0.15, 0.2) is 5.75 Å². The molecule has 2 bridgehead atoms. The zero-order valence-electron chi connectivity index (χ0n) is 17.7. The van der Waals surface area contributed by atoms with Crippen LogP contribution in [0.5, 0.6) is 17.2 Å². The second-order valence-corrected chi connectivity index (χ2v) is 8.10. The first kappa shape index (κ1) is 20.3. The third-order valence-corrected chi connectivity index (χ3v) is 5.96. The van der Waals surface area contributed by atoms with E-state index in [-0.39, 0.29) is 18.0 Å². The van der Waals surface area contributed by atoms with Gasteiger partial charge in [0.05, 0.1) is 44.5 Å². The largest absolute Gasteiger partial charge is 0.493 e. The summed E-state index contributed by atoms with van der Waals surface area (Å²) in [4.78, 5) is 26.0. The van der Waals surface area contributed by atoms with Gasteiger partial charge in [-0.2, -0.15) is 5.10 Å². The maximum absolute atomic E-state index is 12.4. The van der Waals surface area contributed by atoms with E-state index in [1.54, 1.807) is 54.3 Å². The quantitative estimate of drug-likeness (QED) is 0.608. The molecule has 0 radical (unpaired) electrons. The normalized spacial score (nSPS) is 19.5. The summed E-state index contributed by atoms with van der Waals surface area (Å²) < 4.78 is 18.9. The van der Waals surface area contributed by atoms with Crippen molar-refractivity contribution in [3.63, 3.8) is 0 Å². The lowest BCUT2D eigenvalue weighted by atomic mass is 9.91. The average molecular weight is 436 g/mol. The third kappa shape index (κ3) is 3.75. The van der Waals surface area contributed by atoms with E-state index in [1.807, 2.05) is 4.90 Å². The Bertz CT molecular complexity index is 1160. The van der Waals surface area contributed by atoms with E-state index < -0.39 is 5.91 Å². The van der Waals surface area contributed by atoms with Crippen molar-refractivity contribution in [2.45, 2.75) is 24.9 Å². The van der Waals surface area contributed by atoms with Gasteiger partial charge in [-0.15, -0.1) is 0 Å². The molecule has 2 aromatic carbocycles. The second-order valence-electron chi connectivity index (χ2n) is 8.10. The molecule has 2 N–H and O–H groups in total. The fraction of sp³-hybridized carbons (Fsp3) is 0.348. The highest BCUT2D eigenvalue weighted by Crippen LogP contribution is 2.33. The number of amides is 2. The topological polar surface area (TPSA) is 109 Å². The van der Waals surface area contributed by atoms with E-state index in [0.29, 0.717) is 49.1 Å². The lowest BCUT2D eigenvalue weighted by Gasteiger charge is -2.52. The Hall–Kier alpha value is -3.59. The van der Waals surface area contributed by atoms with Gasteiger partial charge in [0.1, 0.15) is 17.0 Å². The molecule has 1 aromatic heterocycles. The smallest absolute Gasteiger partial charge is 0.248 e. The molecule has 2 aliphatic heterocycles. The van der Waals surface area contributed by atoms with E-state index in [2.05, 4.69) is 5.10 Å². The molecule has 32 heavy (non-hydrogen) atoms. The number of primary amides is 1. The van der Waals surface area contributed by atoms with Gasteiger partial charge in [0.2, 0.25) is 11.8 Å². The van der Waals surface area contributed by atoms with Gasteiger partial charge in [-0.1, -0.05) is 0 Å². The molecule has 0 spiro atoms. The minimum absolute atomic E-state index is 0.115. The number of carbonyl (C=O) groups excluding carboxylic acids is 2. The fourth-order valence-electron chi connectivity index (χ4n) is 4.36. The number of carbonyl (C=O) groups is 2. The predicted octanol–water partition coefficient (Wildman–Crippen LogP) is 2.23. The molecule has 3 heterocycles. The Morgan fingerprint density at radius 2 is 1.88 bits per heavy atom. The number of nitrogens with two attached hydrogens (primary N) is 1. The molecule has 2 saturated heterocycles. The van der Waals surface area contributed by atoms with Crippen molar-refractivity contribution in [1.29, 1.82) is 0 Å². The molecule has 2 unspecified atom stereocenters. The predicted molar refractivity (Wildman–Crippen MR) is 116 cm³/mol. The number of rotatable bonds is 7. The minimum atomic E-state index is -0.534. The van der Waals surface area contributed by atoms with Crippen molar-refractivity contribution < 1.29 is 23.8 Å². The van der Waals surface area contributed by atoms with Gasteiger partial charge in [-0.25, -0.2) is 0 Å². The molecule has 9 nitrogen and oxygen atoms in total. The van der Waals surface area contributed by atoms with Crippen molar-refractivity contribution in [1.82, 2.24) is 14.7 Å². The molecule has 2 fully saturated rings. The number of aryl methyl sites for hydroxylation is 1. The summed E-state index contributed by atoms with van der Waals surface area (Å²) in [5, 5.41) is 4.99. The Labute approximate surface area is 184 Å². The van der Waals surface area contributed by atoms with E-state index in [4.69, 9.17) is 19.9 Å². The van der Waals surface area contributed by atoms with Gasteiger partial charge in [-0.3, -0.25) is 14.3 Å². The van der Waals surface area contributed by atoms with Crippen molar-refractivity contribution in [2.24, 2.45) is 12.8 Å². The van der Waals surface area contributed by atoms with E-state index >= 15 is 0 Å². The zero-order chi connectivity index (χ0) is 22.2. The summed E-state index contributed by atoms with van der Waals surface area (Å²) in [6.07, 6.45) is 3.04. The van der Waals surface area contributed by atoms with Crippen LogP contribution in [0.3, 0.4) is 0 Å². The summed E-state index contributed by atoms with van der Waals surface area (Å²) in [6.45, 7) is 1.59. The molecule has 0 saturated carbocycles. The van der Waals surface area contributed by atoms with Crippen LogP contribution in [0.1, 0.15) is 23.2 Å². The highest BCUT2D eigenvalue weighted by Gasteiger charge is 2.44. The number of hydrogen-bond donors (Lipinski definition) is 1. The molecule has 2 atom stereocenters. The zero-order valence-corrected chi connectivity index (χ0v) is 17.7. The minimum Gasteiger partial charge on any atom is -0.493 e. The van der Waals surface area contributed by atoms with Crippen LogP contribution in [0.15, 0.2) is 42.6 Å². The van der Waals surface area contributed by atoms with Crippen LogP contribution in [-0.4, -0.2) is 58.4 Å². The van der Waals surface area contributed by atoms with Gasteiger partial charge in [0.25, 0.3) is 0 Å². The van der Waals surface area contributed by atoms with Crippen LogP contribution < -0.4 is 15.2 Å². The summed E-state index contributed by atoms with van der Waals surface area (Å²) in [5.74, 6) is 1.29. The van der Waals surface area contributed by atoms with Crippen LogP contribution in [0.2, 0.25) is 0 Å². The second kappa shape index (κ2) is 8.16. The average Bonchev–Trinajstić information content (AvgIpc) is 3.16. The van der Waals surface area contributed by atoms with E-state index in [0.717, 1.165) is 17.3 Å². The van der Waals surface area contributed by atoms with Crippen molar-refractivity contribution >= 4 is 22.7 Å². The van der Waals surface area contributed by atoms with Crippen LogP contribution in [0.25, 0.3) is 10.9 Å². The molecule has 3 aromatic rings. The van der Waals surface area contributed by atoms with Crippen LogP contribution in [0.4, 0.5) is 0 Å². The summed E-state index contributed by atoms with van der Waals surface area (Å²) in [5.41, 5.74) is 6.56. The summed E-state index contributed by atoms with van der Waals surface area (Å²) >= 11 is 0. The molecule has 2 amide bonds. The van der Waals surface area contributed by atoms with E-state index in [1.165, 1.54) is 0 Å². The standard InChI is InChI=1S/C23H24N4O5/c1-26-22-15(11-25-26)8-14(23(24)29)9-20(22)32-19-4-2-18(3-5-19)31-7-6-21(28)27-16-10-17(27)13-30-12-16/h2-5,8-9,11,16-17H,6-7,10,12-13H2,1H3,(H2,24,29). The van der Waals surface area contributed by atoms with Crippen LogP contribution in [0, 0.1) is 0 Å². The maximum Gasteiger partial charge on any atom is 0.248 e. The first-order valence-electron chi connectivity index (χ1n) is 10.5. The highest BCUT2D eigenvalue weighted by atomic mass is 16.5. The number of aromatic nitrogens is 2. The molecule has 9 heteroatoms.